The van der Waals surface area contributed by atoms with E-state index in [-0.39, 0.29) is 5.69 Å². The van der Waals surface area contributed by atoms with Crippen LogP contribution in [0.4, 0.5) is 0 Å². The summed E-state index contributed by atoms with van der Waals surface area (Å²) in [6, 6.07) is 22.7. The molecule has 1 saturated heterocycles. The van der Waals surface area contributed by atoms with Crippen molar-refractivity contribution in [2.24, 2.45) is 5.73 Å². The van der Waals surface area contributed by atoms with E-state index in [0.29, 0.717) is 11.6 Å². The lowest BCUT2D eigenvalue weighted by Crippen LogP contribution is -2.40. The van der Waals surface area contributed by atoms with E-state index in [2.05, 4.69) is 63.9 Å². The fourth-order valence-corrected chi connectivity index (χ4v) is 4.61. The largest absolute Gasteiger partial charge is 0.364 e. The molecule has 0 atom stereocenters. The first-order chi connectivity index (χ1) is 17.1. The molecular weight excluding hydrogens is 436 g/mol. The highest BCUT2D eigenvalue weighted by Crippen LogP contribution is 2.33. The number of hydrogen-bond acceptors (Lipinski definition) is 6. The molecule has 0 radical (unpaired) electrons. The van der Waals surface area contributed by atoms with Crippen LogP contribution in [0.25, 0.3) is 33.3 Å². The van der Waals surface area contributed by atoms with Crippen LogP contribution in [-0.2, 0) is 6.54 Å². The van der Waals surface area contributed by atoms with Gasteiger partial charge in [0, 0.05) is 48.4 Å². The third kappa shape index (κ3) is 4.98. The number of benzene rings is 2. The van der Waals surface area contributed by atoms with Gasteiger partial charge in [-0.05, 0) is 36.1 Å². The molecule has 0 spiro atoms. The topological polar surface area (TPSA) is 108 Å². The van der Waals surface area contributed by atoms with Crippen molar-refractivity contribution in [1.29, 1.82) is 5.26 Å². The molecule has 3 heterocycles. The number of nitrogens with two attached hydrogens (primary N) is 1. The van der Waals surface area contributed by atoms with Gasteiger partial charge in [-0.25, -0.2) is 4.98 Å². The smallest absolute Gasteiger partial charge is 0.267 e. The fraction of sp³-hybridized carbons (Fsp3) is 0.214. The van der Waals surface area contributed by atoms with Crippen LogP contribution in [0, 0.1) is 11.5 Å². The maximum absolute atomic E-state index is 11.6. The van der Waals surface area contributed by atoms with E-state index in [0.717, 1.165) is 60.2 Å². The van der Waals surface area contributed by atoms with Crippen LogP contribution in [0.1, 0.15) is 28.9 Å². The Morgan fingerprint density at radius 1 is 1.06 bits per heavy atom. The highest BCUT2D eigenvalue weighted by molar-refractivity contribution is 5.96. The molecule has 0 aliphatic carbocycles. The van der Waals surface area contributed by atoms with Crippen LogP contribution in [-0.4, -0.2) is 39.9 Å². The van der Waals surface area contributed by atoms with Crippen molar-refractivity contribution >= 4 is 16.8 Å². The van der Waals surface area contributed by atoms with E-state index in [4.69, 9.17) is 16.0 Å². The molecule has 2 aromatic heterocycles. The van der Waals surface area contributed by atoms with Crippen LogP contribution < -0.4 is 11.1 Å². The highest BCUT2D eigenvalue weighted by Gasteiger charge is 2.19. The Bertz CT molecular complexity index is 1390. The molecule has 0 bridgehead atoms. The minimum Gasteiger partial charge on any atom is -0.364 e. The number of carbonyl (C=O) groups excluding carboxylic acids is 1. The van der Waals surface area contributed by atoms with Gasteiger partial charge in [-0.3, -0.25) is 14.7 Å². The molecule has 3 N–H and O–H groups in total. The first-order valence-electron chi connectivity index (χ1n) is 11.7. The fourth-order valence-electron chi connectivity index (χ4n) is 4.61. The Labute approximate surface area is 204 Å². The number of pyridine rings is 2. The van der Waals surface area contributed by atoms with Gasteiger partial charge in [-0.1, -0.05) is 54.6 Å². The zero-order valence-corrected chi connectivity index (χ0v) is 19.3. The van der Waals surface area contributed by atoms with Crippen LogP contribution in [0.3, 0.4) is 0 Å². The van der Waals surface area contributed by atoms with Gasteiger partial charge < -0.3 is 11.1 Å². The molecule has 1 aliphatic heterocycles. The van der Waals surface area contributed by atoms with Crippen LogP contribution >= 0.6 is 0 Å². The summed E-state index contributed by atoms with van der Waals surface area (Å²) >= 11 is 0. The standard InChI is InChI=1S/C28H26N6O/c29-18-32-23-10-12-34(13-11-23)17-19-6-8-21(9-7-19)27-24(20-4-2-1-3-5-20)14-22-16-31-26(28(30)35)15-25(22)33-27/h1-9,14-16,23,32H,10-13,17H2,(H2,30,35). The third-order valence-electron chi connectivity index (χ3n) is 6.53. The number of likely N-dealkylation sites (tertiary alicyclic amines) is 1. The van der Waals surface area contributed by atoms with E-state index < -0.39 is 5.91 Å². The first kappa shape index (κ1) is 22.5. The summed E-state index contributed by atoms with van der Waals surface area (Å²) in [5, 5.41) is 12.6. The summed E-state index contributed by atoms with van der Waals surface area (Å²) in [6.45, 7) is 2.83. The minimum atomic E-state index is -0.570. The van der Waals surface area contributed by atoms with E-state index in [1.807, 2.05) is 18.2 Å². The van der Waals surface area contributed by atoms with Crippen molar-refractivity contribution in [3.63, 3.8) is 0 Å². The lowest BCUT2D eigenvalue weighted by Gasteiger charge is -2.31. The van der Waals surface area contributed by atoms with Crippen molar-refractivity contribution < 1.29 is 4.79 Å². The van der Waals surface area contributed by atoms with Gasteiger partial charge in [-0.15, -0.1) is 0 Å². The Morgan fingerprint density at radius 2 is 1.80 bits per heavy atom. The van der Waals surface area contributed by atoms with Gasteiger partial charge in [0.2, 0.25) is 0 Å². The van der Waals surface area contributed by atoms with Gasteiger partial charge in [0.15, 0.2) is 6.19 Å². The van der Waals surface area contributed by atoms with Crippen LogP contribution in [0.2, 0.25) is 0 Å². The second kappa shape index (κ2) is 9.92. The lowest BCUT2D eigenvalue weighted by molar-refractivity contribution is 0.0995. The van der Waals surface area contributed by atoms with Crippen molar-refractivity contribution in [2.75, 3.05) is 13.1 Å². The highest BCUT2D eigenvalue weighted by atomic mass is 16.1. The average molecular weight is 463 g/mol. The number of aromatic nitrogens is 2. The number of amides is 1. The second-order valence-electron chi connectivity index (χ2n) is 8.88. The Balaban J connectivity index is 1.46. The van der Waals surface area contributed by atoms with E-state index in [1.165, 1.54) is 5.56 Å². The van der Waals surface area contributed by atoms with Gasteiger partial charge >= 0.3 is 0 Å². The maximum atomic E-state index is 11.6. The zero-order chi connectivity index (χ0) is 24.2. The first-order valence-corrected chi connectivity index (χ1v) is 11.7. The van der Waals surface area contributed by atoms with Gasteiger partial charge in [0.25, 0.3) is 5.91 Å². The summed E-state index contributed by atoms with van der Waals surface area (Å²) in [5.41, 5.74) is 11.5. The minimum absolute atomic E-state index is 0.201. The summed E-state index contributed by atoms with van der Waals surface area (Å²) in [5.74, 6) is -0.570. The predicted octanol–water partition coefficient (Wildman–Crippen LogP) is 4.10. The van der Waals surface area contributed by atoms with Gasteiger partial charge in [0.1, 0.15) is 5.69 Å². The van der Waals surface area contributed by atoms with E-state index >= 15 is 0 Å². The molecule has 0 saturated carbocycles. The normalized spacial score (nSPS) is 14.5. The van der Waals surface area contributed by atoms with Crippen LogP contribution in [0.5, 0.6) is 0 Å². The van der Waals surface area contributed by atoms with Gasteiger partial charge in [0.05, 0.1) is 11.2 Å². The molecule has 1 fully saturated rings. The van der Waals surface area contributed by atoms with Crippen molar-refractivity contribution in [2.45, 2.75) is 25.4 Å². The van der Waals surface area contributed by atoms with Crippen molar-refractivity contribution in [1.82, 2.24) is 20.2 Å². The number of piperidine rings is 1. The lowest BCUT2D eigenvalue weighted by atomic mass is 9.97. The Kier molecular flexibility index (Phi) is 6.38. The number of nitrogens with one attached hydrogen (secondary N) is 1. The maximum Gasteiger partial charge on any atom is 0.267 e. The molecule has 1 amide bonds. The number of hydrogen-bond donors (Lipinski definition) is 2. The zero-order valence-electron chi connectivity index (χ0n) is 19.3. The summed E-state index contributed by atoms with van der Waals surface area (Å²) in [6.07, 6.45) is 5.67. The summed E-state index contributed by atoms with van der Waals surface area (Å²) < 4.78 is 0. The molecule has 4 aromatic rings. The van der Waals surface area contributed by atoms with E-state index in [1.54, 1.807) is 12.3 Å². The molecule has 0 unspecified atom stereocenters. The molecule has 7 nitrogen and oxygen atoms in total. The predicted molar refractivity (Wildman–Crippen MR) is 136 cm³/mol. The Hall–Kier alpha value is -4.28. The second-order valence-corrected chi connectivity index (χ2v) is 8.88. The molecule has 35 heavy (non-hydrogen) atoms. The molecule has 2 aromatic carbocycles. The summed E-state index contributed by atoms with van der Waals surface area (Å²) in [4.78, 5) is 23.2. The number of carbonyl (C=O) groups is 1. The molecule has 5 rings (SSSR count). The van der Waals surface area contributed by atoms with Crippen molar-refractivity contribution in [3.8, 4) is 28.6 Å². The average Bonchev–Trinajstić information content (AvgIpc) is 2.90. The number of nitriles is 1. The van der Waals surface area contributed by atoms with Crippen LogP contribution in [0.15, 0.2) is 72.9 Å². The number of rotatable bonds is 6. The molecule has 7 heteroatoms. The monoisotopic (exact) mass is 462 g/mol. The Morgan fingerprint density at radius 3 is 2.49 bits per heavy atom. The molecule has 174 valence electrons. The van der Waals surface area contributed by atoms with Crippen molar-refractivity contribution in [3.05, 3.63) is 84.2 Å². The summed E-state index contributed by atoms with van der Waals surface area (Å²) in [7, 11) is 0. The molecule has 1 aliphatic rings. The van der Waals surface area contributed by atoms with Gasteiger partial charge in [-0.2, -0.15) is 5.26 Å². The number of primary amides is 1. The third-order valence-corrected chi connectivity index (χ3v) is 6.53. The van der Waals surface area contributed by atoms with E-state index in [9.17, 15) is 4.79 Å². The molecular formula is C28H26N6O. The number of nitrogens with zero attached hydrogens (tertiary/aromatic N) is 4. The SMILES string of the molecule is N#CNC1CCN(Cc2ccc(-c3nc4cc(C(N)=O)ncc4cc3-c3ccccc3)cc2)CC1. The number of fused-ring (bicyclic) bond motifs is 1. The quantitative estimate of drug-likeness (QED) is 0.330.